The molecule has 47 nitrogen and oxygen atoms in total. The molecule has 9 rings (SSSR count). The van der Waals surface area contributed by atoms with Gasteiger partial charge >= 0.3 is 0 Å². The van der Waals surface area contributed by atoms with Gasteiger partial charge in [0.2, 0.25) is 17.7 Å². The van der Waals surface area contributed by atoms with E-state index in [2.05, 4.69) is 16.0 Å². The van der Waals surface area contributed by atoms with Crippen molar-refractivity contribution >= 4 is 17.7 Å². The Morgan fingerprint density at radius 3 is 1.25 bits per heavy atom. The van der Waals surface area contributed by atoms with Crippen LogP contribution in [0.4, 0.5) is 0 Å². The first-order valence-electron chi connectivity index (χ1n) is 33.9. The molecule has 0 aromatic carbocycles. The predicted molar refractivity (Wildman–Crippen MR) is 324 cm³/mol. The Morgan fingerprint density at radius 1 is 0.302 bits per heavy atom. The molecule has 0 saturated carbocycles. The van der Waals surface area contributed by atoms with E-state index in [9.17, 15) is 137 Å². The van der Waals surface area contributed by atoms with Crippen LogP contribution < -0.4 is 16.0 Å². The molecule has 0 aliphatic carbocycles. The zero-order chi connectivity index (χ0) is 77.9. The van der Waals surface area contributed by atoms with Crippen LogP contribution in [0.3, 0.4) is 0 Å². The third-order valence-electron chi connectivity index (χ3n) is 19.5. The molecule has 0 spiro atoms. The van der Waals surface area contributed by atoms with Gasteiger partial charge < -0.3 is 219 Å². The maximum absolute atomic E-state index is 13.3. The van der Waals surface area contributed by atoms with Gasteiger partial charge in [-0.3, -0.25) is 14.4 Å². The zero-order valence-electron chi connectivity index (χ0n) is 57.0. The van der Waals surface area contributed by atoms with E-state index >= 15 is 0 Å². The van der Waals surface area contributed by atoms with Crippen molar-refractivity contribution in [3.63, 3.8) is 0 Å². The molecule has 106 heavy (non-hydrogen) atoms. The highest BCUT2D eigenvalue weighted by molar-refractivity contribution is 5.74. The van der Waals surface area contributed by atoms with Crippen LogP contribution in [0.5, 0.6) is 0 Å². The van der Waals surface area contributed by atoms with Gasteiger partial charge in [-0.25, -0.2) is 0 Å². The van der Waals surface area contributed by atoms with Gasteiger partial charge in [-0.1, -0.05) is 0 Å². The summed E-state index contributed by atoms with van der Waals surface area (Å²) in [5.41, 5.74) is 0. The van der Waals surface area contributed by atoms with Gasteiger partial charge in [0, 0.05) is 20.8 Å². The lowest BCUT2D eigenvalue weighted by molar-refractivity contribution is -0.412. The molecule has 44 atom stereocenters. The van der Waals surface area contributed by atoms with Crippen molar-refractivity contribution in [2.24, 2.45) is 0 Å². The predicted octanol–water partition coefficient (Wildman–Crippen LogP) is -18.5. The van der Waals surface area contributed by atoms with Gasteiger partial charge in [-0.2, -0.15) is 0 Å². The van der Waals surface area contributed by atoms with Crippen LogP contribution in [0.1, 0.15) is 27.7 Å². The minimum absolute atomic E-state index is 0.837. The zero-order valence-corrected chi connectivity index (χ0v) is 57.0. The molecular weight excluding hydrogens is 1450 g/mol. The van der Waals surface area contributed by atoms with Crippen molar-refractivity contribution < 1.29 is 217 Å². The van der Waals surface area contributed by atoms with Crippen LogP contribution in [0, 0.1) is 0 Å². The van der Waals surface area contributed by atoms with Crippen molar-refractivity contribution in [3.05, 3.63) is 0 Å². The molecule has 0 aromatic rings. The Balaban J connectivity index is 1.11. The fourth-order valence-electron chi connectivity index (χ4n) is 13.7. The molecule has 9 aliphatic rings. The van der Waals surface area contributed by atoms with E-state index in [1.165, 1.54) is 6.92 Å². The molecule has 1 unspecified atom stereocenters. The summed E-state index contributed by atoms with van der Waals surface area (Å²) < 4.78 is 102. The molecule has 3 amide bonds. The highest BCUT2D eigenvalue weighted by atomic mass is 16.8. The molecular formula is C59H99N3O44. The van der Waals surface area contributed by atoms with Crippen LogP contribution in [0.25, 0.3) is 0 Å². The summed E-state index contributed by atoms with van der Waals surface area (Å²) >= 11 is 0. The third-order valence-corrected chi connectivity index (χ3v) is 19.5. The number of carbonyl (C=O) groups excluding carboxylic acids is 3. The standard InChI is InChI=1S/C59H99N3O44/c1-13-28(73)36(81)42(87)56(92-13)103-47-26(61-15(3)70)51(89)93-23(10-68)45(47)101-52-25(60-14(2)69)35(80)44(22(9-67)98-52)100-59-50(106-55-40(85)29(74)17(72)11-90-55)48(34(79)24(99-59)12-91-54-41(86)37(82)30(75)18(5-63)95-54)104-58-49(39(84)32(77)20(7-65)97-58)105-53-27(62-16(4)71)46(33(78)21(8-66)94-53)102-57-43(88)38(83)31(76)19(6-64)96-57/h13,17-59,63-68,72-89H,5-12H2,1-4H3,(H,60,69)(H,61,70)(H,62,71)/t13-,17+,18+,19+,20+,21+,22+,23+,24+,25+,26+,27+,28+,29-,30+,31-,32+,33+,34+,35+,36+,37-,38-,39-,40+,41-,42-,43+,44+,45+,46+,47+,48-,49-,50-,51?,52-,53-,54-,55-,56-,57-,58+,59-/m0/s1. The number of hydrogen-bond donors (Lipinski definition) is 27. The monoisotopic (exact) mass is 1550 g/mol. The van der Waals surface area contributed by atoms with E-state index in [1.807, 2.05) is 0 Å². The summed E-state index contributed by atoms with van der Waals surface area (Å²) in [6, 6.07) is -5.73. The van der Waals surface area contributed by atoms with Gasteiger partial charge in [-0.05, 0) is 6.92 Å². The number of ether oxygens (including phenoxy) is 17. The fraction of sp³-hybridized carbons (Fsp3) is 0.949. The lowest BCUT2D eigenvalue weighted by Crippen LogP contribution is -2.72. The first kappa shape index (κ1) is 86.7. The van der Waals surface area contributed by atoms with Crippen LogP contribution >= 0.6 is 0 Å². The second kappa shape index (κ2) is 37.6. The lowest BCUT2D eigenvalue weighted by Gasteiger charge is -2.52. The van der Waals surface area contributed by atoms with Gasteiger partial charge in [0.1, 0.15) is 207 Å². The smallest absolute Gasteiger partial charge is 0.217 e. The van der Waals surface area contributed by atoms with Gasteiger partial charge in [0.15, 0.2) is 56.6 Å². The molecule has 0 aromatic heterocycles. The average molecular weight is 1550 g/mol. The minimum Gasteiger partial charge on any atom is -0.394 e. The largest absolute Gasteiger partial charge is 0.394 e. The second-order valence-corrected chi connectivity index (χ2v) is 27.0. The quantitative estimate of drug-likeness (QED) is 0.0382. The summed E-state index contributed by atoms with van der Waals surface area (Å²) in [6.45, 7) is -4.46. The highest BCUT2D eigenvalue weighted by Gasteiger charge is 2.61. The number of aliphatic hydroxyl groups is 24. The number of hydrogen-bond acceptors (Lipinski definition) is 44. The molecule has 9 heterocycles. The summed E-state index contributed by atoms with van der Waals surface area (Å²) in [6.07, 6.45) is -85.1. The van der Waals surface area contributed by atoms with Crippen LogP contribution in [-0.2, 0) is 94.9 Å². The lowest BCUT2D eigenvalue weighted by atomic mass is 9.93. The SMILES string of the molecule is CC(=O)N[C@H]1[C@H](O[C@H]2[C@H](O[C@@H]3O[C@@H](C)[C@@H](O)[C@@H](O)[C@@H]3O)[C@@H](NC(C)=O)C(O)O[C@@H]2CO)O[C@H](CO)[C@@H](O[C@@H]2O[C@H](CO[C@H]3O[C@H](CO)[C@@H](O)[C@H](O)[C@@H]3O)[C@@H](O)[C@H](O[C@H]3O[C@H](CO)[C@@H](O)[C@H](O)[C@@H]3O[C@@H]3O[C@H](CO)[C@@H](O)[C@H](O[C@@H]4O[C@H](CO)[C@H](O)[C@H](O)[C@H]4O)[C@H]3NC(C)=O)[C@@H]2O[C@@H]2OC[C@@H](O)[C@H](O)[C@H]2O)[C@@H]1O. The van der Waals surface area contributed by atoms with E-state index < -0.39 is 341 Å². The van der Waals surface area contributed by atoms with Crippen molar-refractivity contribution in [1.82, 2.24) is 16.0 Å². The van der Waals surface area contributed by atoms with Gasteiger partial charge in [0.25, 0.3) is 0 Å². The molecule has 0 bridgehead atoms. The van der Waals surface area contributed by atoms with Crippen LogP contribution in [0.15, 0.2) is 0 Å². The normalized spacial score (nSPS) is 50.4. The number of aliphatic hydroxyl groups excluding tert-OH is 24. The molecule has 9 fully saturated rings. The molecule has 9 saturated heterocycles. The topological polar surface area (TPSA) is 730 Å². The summed E-state index contributed by atoms with van der Waals surface area (Å²) in [5, 5.41) is 273. The Bertz CT molecular complexity index is 2770. The van der Waals surface area contributed by atoms with E-state index in [-0.39, 0.29) is 0 Å². The highest BCUT2D eigenvalue weighted by Crippen LogP contribution is 2.41. The summed E-state index contributed by atoms with van der Waals surface area (Å²) in [4.78, 5) is 39.1. The number of nitrogens with one attached hydrogen (secondary N) is 3. The first-order valence-corrected chi connectivity index (χ1v) is 33.9. The third kappa shape index (κ3) is 18.8. The van der Waals surface area contributed by atoms with Gasteiger partial charge in [0.05, 0.1) is 59.0 Å². The Kier molecular flexibility index (Phi) is 30.8. The minimum atomic E-state index is -2.48. The Morgan fingerprint density at radius 2 is 0.679 bits per heavy atom. The van der Waals surface area contributed by atoms with E-state index in [1.54, 1.807) is 0 Å². The maximum Gasteiger partial charge on any atom is 0.217 e. The molecule has 0 radical (unpaired) electrons. The van der Waals surface area contributed by atoms with Crippen molar-refractivity contribution in [1.29, 1.82) is 0 Å². The second-order valence-electron chi connectivity index (χ2n) is 27.0. The average Bonchev–Trinajstić information content (AvgIpc) is 0.764. The Hall–Kier alpha value is -3.23. The molecule has 47 heteroatoms. The van der Waals surface area contributed by atoms with Gasteiger partial charge in [-0.15, -0.1) is 0 Å². The Labute approximate surface area is 600 Å². The molecule has 27 N–H and O–H groups in total. The maximum atomic E-state index is 13.3. The number of amides is 3. The fourth-order valence-corrected chi connectivity index (χ4v) is 13.7. The van der Waals surface area contributed by atoms with Crippen LogP contribution in [0.2, 0.25) is 0 Å². The molecule has 9 aliphatic heterocycles. The summed E-state index contributed by atoms with van der Waals surface area (Å²) in [7, 11) is 0. The van der Waals surface area contributed by atoms with Crippen LogP contribution in [-0.4, -0.2) is 463 Å². The van der Waals surface area contributed by atoms with Crippen molar-refractivity contribution in [3.8, 4) is 0 Å². The number of carbonyl (C=O) groups is 3. The first-order chi connectivity index (χ1) is 50.1. The molecule has 614 valence electrons. The van der Waals surface area contributed by atoms with E-state index in [0.29, 0.717) is 0 Å². The van der Waals surface area contributed by atoms with E-state index in [0.717, 1.165) is 20.8 Å². The number of rotatable bonds is 26. The van der Waals surface area contributed by atoms with E-state index in [4.69, 9.17) is 80.5 Å². The van der Waals surface area contributed by atoms with Crippen molar-refractivity contribution in [2.75, 3.05) is 52.9 Å². The summed E-state index contributed by atoms with van der Waals surface area (Å²) in [5.74, 6) is -2.80. The van der Waals surface area contributed by atoms with Crippen molar-refractivity contribution in [2.45, 2.75) is 298 Å².